The molecule has 0 aromatic heterocycles. The average Bonchev–Trinajstić information content (AvgIpc) is 3.08. The van der Waals surface area contributed by atoms with Crippen LogP contribution in [0.5, 0.6) is 5.75 Å². The lowest BCUT2D eigenvalue weighted by molar-refractivity contribution is -0.300. The Morgan fingerprint density at radius 2 is 1.30 bits per heavy atom. The van der Waals surface area contributed by atoms with Crippen LogP contribution >= 0.6 is 0 Å². The predicted molar refractivity (Wildman–Crippen MR) is 161 cm³/mol. The van der Waals surface area contributed by atoms with Gasteiger partial charge in [-0.05, 0) is 34.4 Å². The van der Waals surface area contributed by atoms with Gasteiger partial charge >= 0.3 is 6.16 Å². The van der Waals surface area contributed by atoms with Crippen molar-refractivity contribution < 1.29 is 43.4 Å². The van der Waals surface area contributed by atoms with Crippen molar-refractivity contribution in [3.8, 4) is 5.75 Å². The molecule has 0 aliphatic carbocycles. The molecule has 1 fully saturated rings. The van der Waals surface area contributed by atoms with Crippen molar-refractivity contribution in [3.63, 3.8) is 0 Å². The van der Waals surface area contributed by atoms with Gasteiger partial charge in [-0.1, -0.05) is 103 Å². The van der Waals surface area contributed by atoms with E-state index in [0.717, 1.165) is 22.3 Å². The van der Waals surface area contributed by atoms with Gasteiger partial charge in [0.1, 0.15) is 36.3 Å². The van der Waals surface area contributed by atoms with Crippen molar-refractivity contribution >= 4 is 6.16 Å². The number of hydrogen-bond acceptors (Lipinski definition) is 9. The van der Waals surface area contributed by atoms with E-state index in [1.807, 2.05) is 103 Å². The highest BCUT2D eigenvalue weighted by Crippen LogP contribution is 2.41. The topological polar surface area (TPSA) is 113 Å². The zero-order valence-electron chi connectivity index (χ0n) is 24.5. The van der Waals surface area contributed by atoms with E-state index in [0.29, 0.717) is 5.75 Å². The van der Waals surface area contributed by atoms with Gasteiger partial charge in [-0.3, -0.25) is 0 Å². The summed E-state index contributed by atoms with van der Waals surface area (Å²) < 4.78 is 34.2. The van der Waals surface area contributed by atoms with Gasteiger partial charge < -0.3 is 38.6 Å². The standard InChI is InChI=1S/C35H36O9/c1-39-28-20-18-27(19-21-28)35(25-14-8-4-9-15-25,26-16-10-5-11-17-26)42-23-29-30(36)31(37)32(33(40-2)43-29)44-34(38)41-22-24-12-6-3-7-13-24/h3-21,29-33,36-37H,22-23H2,1-2H3/t29-,30+,31+,32-,33+/m1/s1. The van der Waals surface area contributed by atoms with E-state index < -0.39 is 42.5 Å². The minimum Gasteiger partial charge on any atom is -0.497 e. The lowest BCUT2D eigenvalue weighted by Crippen LogP contribution is -2.60. The molecule has 0 amide bonds. The van der Waals surface area contributed by atoms with Crippen LogP contribution in [0.3, 0.4) is 0 Å². The van der Waals surface area contributed by atoms with Crippen LogP contribution in [0.25, 0.3) is 0 Å². The van der Waals surface area contributed by atoms with E-state index in [1.165, 1.54) is 7.11 Å². The van der Waals surface area contributed by atoms with Crippen LogP contribution in [-0.2, 0) is 35.9 Å². The number of methoxy groups -OCH3 is 2. The van der Waals surface area contributed by atoms with Crippen LogP contribution in [0, 0.1) is 0 Å². The molecule has 4 aromatic carbocycles. The third-order valence-corrected chi connectivity index (χ3v) is 7.63. The highest BCUT2D eigenvalue weighted by atomic mass is 16.8. The minimum absolute atomic E-state index is 0.0214. The Balaban J connectivity index is 1.38. The molecule has 0 bridgehead atoms. The molecule has 0 radical (unpaired) electrons. The van der Waals surface area contributed by atoms with Gasteiger partial charge in [-0.15, -0.1) is 0 Å². The summed E-state index contributed by atoms with van der Waals surface area (Å²) in [6, 6.07) is 36.1. The lowest BCUT2D eigenvalue weighted by Gasteiger charge is -2.43. The van der Waals surface area contributed by atoms with Gasteiger partial charge in [-0.2, -0.15) is 0 Å². The maximum atomic E-state index is 12.5. The van der Waals surface area contributed by atoms with E-state index in [9.17, 15) is 15.0 Å². The number of aliphatic hydroxyl groups excluding tert-OH is 2. The number of hydrogen-bond donors (Lipinski definition) is 2. The molecule has 1 saturated heterocycles. The maximum Gasteiger partial charge on any atom is 0.509 e. The number of carbonyl (C=O) groups excluding carboxylic acids is 1. The molecule has 4 aromatic rings. The molecule has 9 heteroatoms. The van der Waals surface area contributed by atoms with E-state index in [4.69, 9.17) is 28.4 Å². The Bertz CT molecular complexity index is 1410. The highest BCUT2D eigenvalue weighted by Gasteiger charge is 2.49. The fourth-order valence-electron chi connectivity index (χ4n) is 5.35. The fourth-order valence-corrected chi connectivity index (χ4v) is 5.35. The molecule has 1 aliphatic rings. The summed E-state index contributed by atoms with van der Waals surface area (Å²) in [5, 5.41) is 22.2. The van der Waals surface area contributed by atoms with E-state index in [2.05, 4.69) is 0 Å². The van der Waals surface area contributed by atoms with E-state index in [-0.39, 0.29) is 13.2 Å². The largest absolute Gasteiger partial charge is 0.509 e. The van der Waals surface area contributed by atoms with Gasteiger partial charge in [0.15, 0.2) is 12.4 Å². The Morgan fingerprint density at radius 1 is 0.750 bits per heavy atom. The SMILES string of the molecule is COc1ccc(C(OC[C@H]2O[C@H](OC)[C@H](OC(=O)OCc3ccccc3)[C@@H](O)[C@H]2O)(c2ccccc2)c2ccccc2)cc1. The Labute approximate surface area is 256 Å². The smallest absolute Gasteiger partial charge is 0.497 e. The van der Waals surface area contributed by atoms with Crippen molar-refractivity contribution in [1.82, 2.24) is 0 Å². The first-order valence-electron chi connectivity index (χ1n) is 14.3. The fraction of sp³-hybridized carbons (Fsp3) is 0.286. The normalized spacial score (nSPS) is 21.8. The van der Waals surface area contributed by atoms with Gasteiger partial charge in [0.25, 0.3) is 0 Å². The van der Waals surface area contributed by atoms with Crippen LogP contribution in [-0.4, -0.2) is 67.9 Å². The molecule has 5 atom stereocenters. The molecule has 0 spiro atoms. The van der Waals surface area contributed by atoms with Crippen molar-refractivity contribution in [3.05, 3.63) is 138 Å². The predicted octanol–water partition coefficient (Wildman–Crippen LogP) is 4.82. The first kappa shape index (κ1) is 31.2. The zero-order chi connectivity index (χ0) is 30.9. The van der Waals surface area contributed by atoms with E-state index in [1.54, 1.807) is 19.2 Å². The Hall–Kier alpha value is -4.25. The summed E-state index contributed by atoms with van der Waals surface area (Å²) in [5.41, 5.74) is 2.13. The monoisotopic (exact) mass is 600 g/mol. The van der Waals surface area contributed by atoms with Crippen LogP contribution in [0.4, 0.5) is 4.79 Å². The molecular formula is C35H36O9. The van der Waals surface area contributed by atoms with Gasteiger partial charge in [-0.25, -0.2) is 4.79 Å². The summed E-state index contributed by atoms with van der Waals surface area (Å²) in [5.74, 6) is 0.689. The van der Waals surface area contributed by atoms with Crippen LogP contribution < -0.4 is 4.74 Å². The summed E-state index contributed by atoms with van der Waals surface area (Å²) in [6.45, 7) is -0.175. The highest BCUT2D eigenvalue weighted by molar-refractivity contribution is 5.60. The molecule has 44 heavy (non-hydrogen) atoms. The lowest BCUT2D eigenvalue weighted by atomic mass is 9.80. The number of benzene rings is 4. The van der Waals surface area contributed by atoms with Gasteiger partial charge in [0, 0.05) is 7.11 Å². The zero-order valence-corrected chi connectivity index (χ0v) is 24.5. The quantitative estimate of drug-likeness (QED) is 0.185. The molecule has 230 valence electrons. The average molecular weight is 601 g/mol. The summed E-state index contributed by atoms with van der Waals surface area (Å²) in [4.78, 5) is 12.5. The van der Waals surface area contributed by atoms with Crippen molar-refractivity contribution in [1.29, 1.82) is 0 Å². The van der Waals surface area contributed by atoms with Gasteiger partial charge in [0.05, 0.1) is 13.7 Å². The van der Waals surface area contributed by atoms with Gasteiger partial charge in [0.2, 0.25) is 0 Å². The molecule has 0 unspecified atom stereocenters. The van der Waals surface area contributed by atoms with Crippen LogP contribution in [0.1, 0.15) is 22.3 Å². The first-order chi connectivity index (χ1) is 21.5. The minimum atomic E-state index is -1.55. The summed E-state index contributed by atoms with van der Waals surface area (Å²) in [7, 11) is 2.96. The molecule has 9 nitrogen and oxygen atoms in total. The molecule has 0 saturated carbocycles. The molecule has 5 rings (SSSR count). The molecular weight excluding hydrogens is 564 g/mol. The van der Waals surface area contributed by atoms with Crippen molar-refractivity contribution in [2.45, 2.75) is 42.9 Å². The van der Waals surface area contributed by atoms with Crippen LogP contribution in [0.15, 0.2) is 115 Å². The first-order valence-corrected chi connectivity index (χ1v) is 14.3. The molecule has 1 heterocycles. The summed E-state index contributed by atoms with van der Waals surface area (Å²) >= 11 is 0. The van der Waals surface area contributed by atoms with Crippen molar-refractivity contribution in [2.24, 2.45) is 0 Å². The third-order valence-electron chi connectivity index (χ3n) is 7.63. The number of ether oxygens (including phenoxy) is 6. The second-order valence-corrected chi connectivity index (χ2v) is 10.3. The Morgan fingerprint density at radius 3 is 1.84 bits per heavy atom. The van der Waals surface area contributed by atoms with Crippen LogP contribution in [0.2, 0.25) is 0 Å². The van der Waals surface area contributed by atoms with Crippen molar-refractivity contribution in [2.75, 3.05) is 20.8 Å². The number of carbonyl (C=O) groups is 1. The number of aliphatic hydroxyl groups is 2. The third kappa shape index (κ3) is 6.77. The second-order valence-electron chi connectivity index (χ2n) is 10.3. The second kappa shape index (κ2) is 14.5. The van der Waals surface area contributed by atoms with E-state index >= 15 is 0 Å². The maximum absolute atomic E-state index is 12.5. The Kier molecular flexibility index (Phi) is 10.3. The molecule has 1 aliphatic heterocycles. The summed E-state index contributed by atoms with van der Waals surface area (Å²) in [6.07, 6.45) is -7.64. The molecule has 2 N–H and O–H groups in total. The number of rotatable bonds is 11.